The summed E-state index contributed by atoms with van der Waals surface area (Å²) < 4.78 is 33.1. The molecular formula is C17H22N4O4S. The van der Waals surface area contributed by atoms with Crippen molar-refractivity contribution in [2.24, 2.45) is 0 Å². The van der Waals surface area contributed by atoms with Gasteiger partial charge < -0.3 is 4.90 Å². The Morgan fingerprint density at radius 3 is 2.62 bits per heavy atom. The van der Waals surface area contributed by atoms with Crippen molar-refractivity contribution >= 4 is 27.0 Å². The Morgan fingerprint density at radius 2 is 1.88 bits per heavy atom. The molecule has 0 unspecified atom stereocenters. The van der Waals surface area contributed by atoms with Gasteiger partial charge in [0.2, 0.25) is 15.9 Å². The van der Waals surface area contributed by atoms with Gasteiger partial charge in [0, 0.05) is 32.1 Å². The first-order chi connectivity index (χ1) is 12.4. The number of rotatable bonds is 3. The number of amides is 1. The minimum Gasteiger partial charge on any atom is -0.338 e. The first-order valence-corrected chi connectivity index (χ1v) is 10.4. The highest BCUT2D eigenvalue weighted by molar-refractivity contribution is 7.89. The normalized spacial score (nSPS) is 22.5. The zero-order chi connectivity index (χ0) is 18.5. The van der Waals surface area contributed by atoms with Crippen LogP contribution in [0.3, 0.4) is 0 Å². The number of likely N-dealkylation sites (tertiary alicyclic amines) is 1. The number of carbonyl (C=O) groups is 1. The van der Waals surface area contributed by atoms with E-state index in [1.165, 1.54) is 4.31 Å². The molecule has 140 valence electrons. The second-order valence-electron chi connectivity index (χ2n) is 7.15. The van der Waals surface area contributed by atoms with Crippen LogP contribution in [-0.2, 0) is 14.8 Å². The number of fused-ring (bicyclic) bond motifs is 1. The van der Waals surface area contributed by atoms with Gasteiger partial charge in [-0.25, -0.2) is 13.0 Å². The molecule has 0 spiro atoms. The van der Waals surface area contributed by atoms with Crippen LogP contribution in [0.5, 0.6) is 0 Å². The number of benzene rings is 1. The van der Waals surface area contributed by atoms with Crippen molar-refractivity contribution in [1.82, 2.24) is 19.5 Å². The van der Waals surface area contributed by atoms with Crippen LogP contribution < -0.4 is 0 Å². The minimum absolute atomic E-state index is 0.0507. The molecule has 2 aromatic rings. The zero-order valence-electron chi connectivity index (χ0n) is 14.9. The molecule has 3 heterocycles. The summed E-state index contributed by atoms with van der Waals surface area (Å²) in [6.07, 6.45) is 2.99. The number of carbonyl (C=O) groups excluding carboxylic acids is 1. The average molecular weight is 378 g/mol. The molecule has 1 amide bonds. The zero-order valence-corrected chi connectivity index (χ0v) is 15.8. The molecule has 1 aromatic heterocycles. The van der Waals surface area contributed by atoms with E-state index in [0.717, 1.165) is 31.4 Å². The Balaban J connectivity index is 1.71. The second kappa shape index (κ2) is 6.31. The van der Waals surface area contributed by atoms with Gasteiger partial charge in [0.25, 0.3) is 0 Å². The largest absolute Gasteiger partial charge is 0.338 e. The Labute approximate surface area is 152 Å². The molecule has 0 saturated carbocycles. The van der Waals surface area contributed by atoms with Crippen molar-refractivity contribution in [2.45, 2.75) is 50.5 Å². The topological polar surface area (TPSA) is 96.6 Å². The summed E-state index contributed by atoms with van der Waals surface area (Å²) in [7, 11) is -3.75. The third-order valence-corrected chi connectivity index (χ3v) is 7.42. The molecule has 4 rings (SSSR count). The lowest BCUT2D eigenvalue weighted by atomic mass is 10.1. The fraction of sp³-hybridized carbons (Fsp3) is 0.588. The monoisotopic (exact) mass is 378 g/mol. The summed E-state index contributed by atoms with van der Waals surface area (Å²) in [4.78, 5) is 14.1. The maximum absolute atomic E-state index is 13.4. The molecule has 0 aliphatic carbocycles. The molecule has 2 fully saturated rings. The summed E-state index contributed by atoms with van der Waals surface area (Å²) in [6.45, 7) is 5.11. The predicted molar refractivity (Wildman–Crippen MR) is 94.0 cm³/mol. The van der Waals surface area contributed by atoms with Gasteiger partial charge in [-0.3, -0.25) is 4.79 Å². The van der Waals surface area contributed by atoms with Crippen LogP contribution in [-0.4, -0.2) is 59.5 Å². The van der Waals surface area contributed by atoms with Crippen LogP contribution >= 0.6 is 0 Å². The Kier molecular flexibility index (Phi) is 4.23. The molecule has 2 aliphatic rings. The molecule has 8 nitrogen and oxygen atoms in total. The Hall–Kier alpha value is -2.00. The van der Waals surface area contributed by atoms with E-state index in [1.807, 2.05) is 11.8 Å². The molecule has 26 heavy (non-hydrogen) atoms. The van der Waals surface area contributed by atoms with Crippen LogP contribution in [0.2, 0.25) is 0 Å². The molecular weight excluding hydrogens is 356 g/mol. The molecule has 0 bridgehead atoms. The summed E-state index contributed by atoms with van der Waals surface area (Å²) >= 11 is 0. The van der Waals surface area contributed by atoms with E-state index in [4.69, 9.17) is 4.63 Å². The summed E-state index contributed by atoms with van der Waals surface area (Å²) in [6, 6.07) is 1.75. The van der Waals surface area contributed by atoms with E-state index in [9.17, 15) is 13.2 Å². The van der Waals surface area contributed by atoms with Gasteiger partial charge in [-0.05, 0) is 54.6 Å². The van der Waals surface area contributed by atoms with Gasteiger partial charge in [-0.15, -0.1) is 0 Å². The lowest BCUT2D eigenvalue weighted by Gasteiger charge is -2.37. The van der Waals surface area contributed by atoms with Gasteiger partial charge in [0.15, 0.2) is 5.52 Å². The maximum atomic E-state index is 13.4. The number of aromatic nitrogens is 2. The van der Waals surface area contributed by atoms with Crippen molar-refractivity contribution in [1.29, 1.82) is 0 Å². The number of hydrogen-bond donors (Lipinski definition) is 0. The summed E-state index contributed by atoms with van der Waals surface area (Å²) in [5.41, 5.74) is 2.21. The molecule has 2 saturated heterocycles. The van der Waals surface area contributed by atoms with E-state index >= 15 is 0 Å². The molecule has 0 radical (unpaired) electrons. The molecule has 2 aliphatic heterocycles. The fourth-order valence-corrected chi connectivity index (χ4v) is 5.99. The van der Waals surface area contributed by atoms with E-state index in [1.54, 1.807) is 13.0 Å². The van der Waals surface area contributed by atoms with Crippen LogP contribution in [0, 0.1) is 13.8 Å². The minimum atomic E-state index is -3.75. The number of piperidine rings is 1. The van der Waals surface area contributed by atoms with Crippen LogP contribution in [0.1, 0.15) is 36.8 Å². The molecule has 9 heteroatoms. The quantitative estimate of drug-likeness (QED) is 0.805. The summed E-state index contributed by atoms with van der Waals surface area (Å²) in [5, 5.41) is 7.70. The summed E-state index contributed by atoms with van der Waals surface area (Å²) in [5.74, 6) is 0.129. The van der Waals surface area contributed by atoms with Crippen molar-refractivity contribution in [2.75, 3.05) is 19.6 Å². The number of aryl methyl sites for hydroxylation is 2. The van der Waals surface area contributed by atoms with Crippen molar-refractivity contribution in [3.63, 3.8) is 0 Å². The Bertz CT molecular complexity index is 969. The lowest BCUT2D eigenvalue weighted by Crippen LogP contribution is -2.50. The van der Waals surface area contributed by atoms with E-state index in [2.05, 4.69) is 10.3 Å². The first kappa shape index (κ1) is 17.4. The smallest absolute Gasteiger partial charge is 0.245 e. The van der Waals surface area contributed by atoms with E-state index in [-0.39, 0.29) is 22.4 Å². The maximum Gasteiger partial charge on any atom is 0.245 e. The first-order valence-electron chi connectivity index (χ1n) is 8.91. The van der Waals surface area contributed by atoms with Crippen LogP contribution in [0.4, 0.5) is 0 Å². The van der Waals surface area contributed by atoms with Crippen molar-refractivity contribution in [3.05, 3.63) is 17.2 Å². The highest BCUT2D eigenvalue weighted by Crippen LogP contribution is 2.32. The van der Waals surface area contributed by atoms with Gasteiger partial charge in [-0.1, -0.05) is 6.07 Å². The average Bonchev–Trinajstić information content (AvgIpc) is 3.24. The highest BCUT2D eigenvalue weighted by atomic mass is 32.2. The van der Waals surface area contributed by atoms with Crippen molar-refractivity contribution in [3.8, 4) is 0 Å². The standard InChI is InChI=1S/C17H22N4O4S/c1-11-9-12(2)17(16-15(11)18-25-19-16)26(23,24)20-7-3-5-13(10-20)21-8-4-6-14(21)22/h9,13H,3-8,10H2,1-2H3/t13-/m1/s1. The second-order valence-corrected chi connectivity index (χ2v) is 9.03. The van der Waals surface area contributed by atoms with Crippen LogP contribution in [0.15, 0.2) is 15.6 Å². The SMILES string of the molecule is Cc1cc(C)c2nonc2c1S(=O)(=O)N1CCC[C@@H](N2CCCC2=O)C1. The molecule has 0 N–H and O–H groups in total. The third-order valence-electron chi connectivity index (χ3n) is 5.38. The molecule has 1 aromatic carbocycles. The fourth-order valence-electron chi connectivity index (χ4n) is 4.15. The van der Waals surface area contributed by atoms with Crippen molar-refractivity contribution < 1.29 is 17.8 Å². The lowest BCUT2D eigenvalue weighted by molar-refractivity contribution is -0.130. The van der Waals surface area contributed by atoms with E-state index < -0.39 is 10.0 Å². The van der Waals surface area contributed by atoms with Crippen LogP contribution in [0.25, 0.3) is 11.0 Å². The molecule has 1 atom stereocenters. The predicted octanol–water partition coefficient (Wildman–Crippen LogP) is 1.62. The number of sulfonamides is 1. The number of nitrogens with zero attached hydrogens (tertiary/aromatic N) is 4. The van der Waals surface area contributed by atoms with Gasteiger partial charge in [-0.2, -0.15) is 4.31 Å². The van der Waals surface area contributed by atoms with Gasteiger partial charge >= 0.3 is 0 Å². The third kappa shape index (κ3) is 2.69. The van der Waals surface area contributed by atoms with Gasteiger partial charge in [0.1, 0.15) is 10.4 Å². The Morgan fingerprint density at radius 1 is 1.12 bits per heavy atom. The van der Waals surface area contributed by atoms with E-state index in [0.29, 0.717) is 30.6 Å². The number of hydrogen-bond acceptors (Lipinski definition) is 6. The highest BCUT2D eigenvalue weighted by Gasteiger charge is 2.37. The van der Waals surface area contributed by atoms with Gasteiger partial charge in [0.05, 0.1) is 0 Å².